The van der Waals surface area contributed by atoms with E-state index in [0.717, 1.165) is 12.8 Å². The van der Waals surface area contributed by atoms with Crippen molar-refractivity contribution in [3.05, 3.63) is 23.8 Å². The molecule has 0 saturated heterocycles. The number of hydrogen-bond donors (Lipinski definition) is 2. The summed E-state index contributed by atoms with van der Waals surface area (Å²) in [6, 6.07) is 4.95. The van der Waals surface area contributed by atoms with E-state index < -0.39 is 0 Å². The minimum atomic E-state index is -0.245. The normalized spacial score (nSPS) is 17.2. The number of aromatic hydroxyl groups is 1. The van der Waals surface area contributed by atoms with Crippen molar-refractivity contribution in [2.45, 2.75) is 36.9 Å². The summed E-state index contributed by atoms with van der Waals surface area (Å²) in [7, 11) is 1.47. The number of phenolic OH excluding ortho intramolecular Hbond substituents is 1. The maximum atomic E-state index is 12.3. The number of ether oxygens (including phenoxy) is 1. The van der Waals surface area contributed by atoms with Gasteiger partial charge in [-0.05, 0) is 31.2 Å². The third-order valence-corrected chi connectivity index (χ3v) is 5.65. The summed E-state index contributed by atoms with van der Waals surface area (Å²) in [4.78, 5) is 12.3. The van der Waals surface area contributed by atoms with E-state index in [2.05, 4.69) is 11.6 Å². The summed E-state index contributed by atoms with van der Waals surface area (Å²) >= 11 is 1.84. The summed E-state index contributed by atoms with van der Waals surface area (Å²) in [6.07, 6.45) is 8.12. The van der Waals surface area contributed by atoms with E-state index in [1.807, 2.05) is 11.8 Å². The third kappa shape index (κ3) is 3.64. The first-order valence-corrected chi connectivity index (χ1v) is 8.54. The zero-order valence-electron chi connectivity index (χ0n) is 12.6. The second-order valence-corrected chi connectivity index (χ2v) is 6.76. The van der Waals surface area contributed by atoms with Gasteiger partial charge in [0.15, 0.2) is 11.5 Å². The van der Waals surface area contributed by atoms with Gasteiger partial charge < -0.3 is 15.2 Å². The Morgan fingerprint density at radius 1 is 1.38 bits per heavy atom. The molecule has 1 saturated carbocycles. The first-order chi connectivity index (χ1) is 10.1. The lowest BCUT2D eigenvalue weighted by molar-refractivity contribution is 0.0943. The Bertz CT molecular complexity index is 498. The highest BCUT2D eigenvalue weighted by molar-refractivity contribution is 8.00. The number of carbonyl (C=O) groups is 1. The van der Waals surface area contributed by atoms with Crippen LogP contribution in [0.15, 0.2) is 18.2 Å². The fourth-order valence-corrected chi connectivity index (χ4v) is 3.77. The van der Waals surface area contributed by atoms with E-state index in [-0.39, 0.29) is 22.0 Å². The average molecular weight is 309 g/mol. The SMILES string of the molecule is COc1cccc(C(=O)NCC2(SC)CCCCC2)c1O. The lowest BCUT2D eigenvalue weighted by Gasteiger charge is -2.35. The van der Waals surface area contributed by atoms with Crippen molar-refractivity contribution in [3.63, 3.8) is 0 Å². The van der Waals surface area contributed by atoms with Crippen LogP contribution in [0.5, 0.6) is 11.5 Å². The average Bonchev–Trinajstić information content (AvgIpc) is 2.54. The minimum Gasteiger partial charge on any atom is -0.504 e. The molecular weight excluding hydrogens is 286 g/mol. The predicted octanol–water partition coefficient (Wildman–Crippen LogP) is 3.20. The largest absolute Gasteiger partial charge is 0.504 e. The Balaban J connectivity index is 2.04. The van der Waals surface area contributed by atoms with Crippen molar-refractivity contribution in [1.29, 1.82) is 0 Å². The number of para-hydroxylation sites is 1. The van der Waals surface area contributed by atoms with Crippen LogP contribution in [-0.2, 0) is 0 Å². The molecule has 1 aromatic carbocycles. The molecule has 1 aliphatic rings. The van der Waals surface area contributed by atoms with Crippen LogP contribution < -0.4 is 10.1 Å². The van der Waals surface area contributed by atoms with E-state index in [9.17, 15) is 9.90 Å². The molecule has 0 aliphatic heterocycles. The van der Waals surface area contributed by atoms with Gasteiger partial charge in [0, 0.05) is 11.3 Å². The van der Waals surface area contributed by atoms with Gasteiger partial charge in [-0.3, -0.25) is 4.79 Å². The van der Waals surface area contributed by atoms with E-state index in [4.69, 9.17) is 4.74 Å². The summed E-state index contributed by atoms with van der Waals surface area (Å²) in [5.41, 5.74) is 0.265. The van der Waals surface area contributed by atoms with Crippen molar-refractivity contribution < 1.29 is 14.6 Å². The summed E-state index contributed by atoms with van der Waals surface area (Å²) < 4.78 is 5.18. The number of amides is 1. The second kappa shape index (κ2) is 7.07. The monoisotopic (exact) mass is 309 g/mol. The van der Waals surface area contributed by atoms with Gasteiger partial charge in [0.25, 0.3) is 5.91 Å². The van der Waals surface area contributed by atoms with E-state index in [1.54, 1.807) is 18.2 Å². The smallest absolute Gasteiger partial charge is 0.255 e. The minimum absolute atomic E-state index is 0.0978. The highest BCUT2D eigenvalue weighted by Gasteiger charge is 2.31. The number of hydrogen-bond acceptors (Lipinski definition) is 4. The molecule has 0 bridgehead atoms. The van der Waals surface area contributed by atoms with Gasteiger partial charge in [-0.15, -0.1) is 0 Å². The zero-order valence-corrected chi connectivity index (χ0v) is 13.5. The molecule has 2 N–H and O–H groups in total. The van der Waals surface area contributed by atoms with E-state index in [1.165, 1.54) is 26.4 Å². The van der Waals surface area contributed by atoms with Crippen molar-refractivity contribution >= 4 is 17.7 Å². The molecule has 21 heavy (non-hydrogen) atoms. The van der Waals surface area contributed by atoms with E-state index >= 15 is 0 Å². The Morgan fingerprint density at radius 2 is 2.10 bits per heavy atom. The number of rotatable bonds is 5. The van der Waals surface area contributed by atoms with Crippen LogP contribution in [0.4, 0.5) is 0 Å². The van der Waals surface area contributed by atoms with Gasteiger partial charge in [-0.2, -0.15) is 11.8 Å². The summed E-state index contributed by atoms with van der Waals surface area (Å²) in [6.45, 7) is 0.643. The van der Waals surface area contributed by atoms with Gasteiger partial charge >= 0.3 is 0 Å². The van der Waals surface area contributed by atoms with Crippen LogP contribution in [0.1, 0.15) is 42.5 Å². The molecule has 0 unspecified atom stereocenters. The maximum absolute atomic E-state index is 12.3. The molecule has 0 atom stereocenters. The molecule has 1 aromatic rings. The van der Waals surface area contributed by atoms with Gasteiger partial charge in [-0.1, -0.05) is 25.3 Å². The van der Waals surface area contributed by atoms with Crippen molar-refractivity contribution in [2.75, 3.05) is 19.9 Å². The van der Waals surface area contributed by atoms with Crippen LogP contribution in [0, 0.1) is 0 Å². The van der Waals surface area contributed by atoms with Crippen LogP contribution in [-0.4, -0.2) is 35.7 Å². The molecule has 4 nitrogen and oxygen atoms in total. The second-order valence-electron chi connectivity index (χ2n) is 5.49. The molecular formula is C16H23NO3S. The highest BCUT2D eigenvalue weighted by Crippen LogP contribution is 2.38. The molecule has 2 rings (SSSR count). The maximum Gasteiger partial charge on any atom is 0.255 e. The molecule has 1 amide bonds. The van der Waals surface area contributed by atoms with Crippen molar-refractivity contribution in [2.24, 2.45) is 0 Å². The van der Waals surface area contributed by atoms with Crippen LogP contribution in [0.3, 0.4) is 0 Å². The third-order valence-electron chi connectivity index (χ3n) is 4.23. The molecule has 0 aromatic heterocycles. The Morgan fingerprint density at radius 3 is 2.71 bits per heavy atom. The molecule has 116 valence electrons. The molecule has 0 spiro atoms. The lowest BCUT2D eigenvalue weighted by Crippen LogP contribution is -2.41. The quantitative estimate of drug-likeness (QED) is 0.877. The first kappa shape index (κ1) is 16.0. The number of carbonyl (C=O) groups excluding carboxylic acids is 1. The van der Waals surface area contributed by atoms with Crippen LogP contribution in [0.2, 0.25) is 0 Å². The number of benzene rings is 1. The lowest BCUT2D eigenvalue weighted by atomic mass is 9.88. The van der Waals surface area contributed by atoms with Gasteiger partial charge in [0.1, 0.15) is 0 Å². The topological polar surface area (TPSA) is 58.6 Å². The summed E-state index contributed by atoms with van der Waals surface area (Å²) in [5, 5.41) is 13.0. The Kier molecular flexibility index (Phi) is 5.39. The number of phenols is 1. The summed E-state index contributed by atoms with van der Waals surface area (Å²) in [5.74, 6) is -0.0235. The van der Waals surface area contributed by atoms with Crippen molar-refractivity contribution in [1.82, 2.24) is 5.32 Å². The van der Waals surface area contributed by atoms with Crippen LogP contribution >= 0.6 is 11.8 Å². The Labute approximate surface area is 130 Å². The standard InChI is InChI=1S/C16H23NO3S/c1-20-13-8-6-7-12(14(13)18)15(19)17-11-16(21-2)9-4-3-5-10-16/h6-8,18H,3-5,9-11H2,1-2H3,(H,17,19). The number of nitrogens with one attached hydrogen (secondary N) is 1. The van der Waals surface area contributed by atoms with Gasteiger partial charge in [-0.25, -0.2) is 0 Å². The van der Waals surface area contributed by atoms with Gasteiger partial charge in [0.05, 0.1) is 12.7 Å². The molecule has 1 fully saturated rings. The predicted molar refractivity (Wildman–Crippen MR) is 86.3 cm³/mol. The molecule has 1 aliphatic carbocycles. The van der Waals surface area contributed by atoms with Gasteiger partial charge in [0.2, 0.25) is 0 Å². The number of methoxy groups -OCH3 is 1. The fourth-order valence-electron chi connectivity index (χ4n) is 2.86. The fraction of sp³-hybridized carbons (Fsp3) is 0.562. The van der Waals surface area contributed by atoms with Crippen LogP contribution in [0.25, 0.3) is 0 Å². The van der Waals surface area contributed by atoms with E-state index in [0.29, 0.717) is 12.3 Å². The zero-order chi connectivity index (χ0) is 15.3. The Hall–Kier alpha value is -1.36. The van der Waals surface area contributed by atoms with Crippen molar-refractivity contribution in [3.8, 4) is 11.5 Å². The number of thioether (sulfide) groups is 1. The molecule has 5 heteroatoms. The molecule has 0 radical (unpaired) electrons. The highest BCUT2D eigenvalue weighted by atomic mass is 32.2. The molecule has 0 heterocycles. The first-order valence-electron chi connectivity index (χ1n) is 7.31.